The van der Waals surface area contributed by atoms with Crippen molar-refractivity contribution in [3.05, 3.63) is 0 Å². The Morgan fingerprint density at radius 1 is 1.00 bits per heavy atom. The molecule has 0 aromatic carbocycles. The van der Waals surface area contributed by atoms with Gasteiger partial charge in [-0.25, -0.2) is 0 Å². The third-order valence-corrected chi connectivity index (χ3v) is 2.39. The Kier molecular flexibility index (Phi) is 9.60. The summed E-state index contributed by atoms with van der Waals surface area (Å²) in [6.07, 6.45) is 2.55. The molecule has 0 radical (unpaired) electrons. The van der Waals surface area contributed by atoms with Gasteiger partial charge in [-0.1, -0.05) is 13.8 Å². The van der Waals surface area contributed by atoms with Crippen molar-refractivity contribution >= 4 is 11.8 Å². The summed E-state index contributed by atoms with van der Waals surface area (Å²) in [6, 6.07) is 0. The van der Waals surface area contributed by atoms with Gasteiger partial charge in [-0.3, -0.25) is 0 Å². The lowest BCUT2D eigenvalue weighted by Crippen LogP contribution is -2.17. The van der Waals surface area contributed by atoms with Crippen LogP contribution in [0.2, 0.25) is 0 Å². The van der Waals surface area contributed by atoms with Crippen molar-refractivity contribution in [2.24, 2.45) is 0 Å². The second-order valence-electron chi connectivity index (χ2n) is 2.36. The van der Waals surface area contributed by atoms with E-state index in [-0.39, 0.29) is 0 Å². The highest BCUT2D eigenvalue weighted by atomic mass is 32.2. The van der Waals surface area contributed by atoms with Crippen LogP contribution in [-0.4, -0.2) is 24.6 Å². The molecule has 0 aliphatic heterocycles. The molecule has 0 atom stereocenters. The summed E-state index contributed by atoms with van der Waals surface area (Å²) in [6.45, 7) is 6.78. The number of thioether (sulfide) groups is 1. The third kappa shape index (κ3) is 8.31. The Hall–Kier alpha value is 0.310. The molecule has 0 bridgehead atoms. The highest BCUT2D eigenvalue weighted by Crippen LogP contribution is 1.99. The number of hydrogen-bond acceptors (Lipinski definition) is 2. The number of nitrogens with one attached hydrogen (secondary N) is 1. The van der Waals surface area contributed by atoms with Gasteiger partial charge in [-0.15, -0.1) is 0 Å². The molecule has 1 N–H and O–H groups in total. The van der Waals surface area contributed by atoms with Crippen LogP contribution < -0.4 is 5.32 Å². The molecule has 0 amide bonds. The normalized spacial score (nSPS) is 10.2. The van der Waals surface area contributed by atoms with Crippen molar-refractivity contribution in [2.75, 3.05) is 24.6 Å². The monoisotopic (exact) mass is 161 g/mol. The first kappa shape index (κ1) is 10.3. The van der Waals surface area contributed by atoms with Gasteiger partial charge in [0.15, 0.2) is 0 Å². The molecule has 1 nitrogen and oxygen atoms in total. The van der Waals surface area contributed by atoms with Crippen molar-refractivity contribution in [1.82, 2.24) is 5.32 Å². The molecule has 0 saturated carbocycles. The molecule has 0 aliphatic carbocycles. The van der Waals surface area contributed by atoms with Crippen LogP contribution in [0.15, 0.2) is 0 Å². The molecule has 0 spiro atoms. The van der Waals surface area contributed by atoms with Crippen molar-refractivity contribution in [3.8, 4) is 0 Å². The Balaban J connectivity index is 2.65. The van der Waals surface area contributed by atoms with Crippen LogP contribution in [0.1, 0.15) is 26.7 Å². The van der Waals surface area contributed by atoms with E-state index in [1.54, 1.807) is 0 Å². The maximum Gasteiger partial charge on any atom is 0.00580 e. The second kappa shape index (κ2) is 9.31. The smallest absolute Gasteiger partial charge is 0.00580 e. The lowest BCUT2D eigenvalue weighted by molar-refractivity contribution is 0.707. The van der Waals surface area contributed by atoms with E-state index in [1.807, 2.05) is 11.8 Å². The van der Waals surface area contributed by atoms with E-state index >= 15 is 0 Å². The summed E-state index contributed by atoms with van der Waals surface area (Å²) < 4.78 is 0. The summed E-state index contributed by atoms with van der Waals surface area (Å²) in [7, 11) is 0. The maximum atomic E-state index is 3.37. The summed E-state index contributed by atoms with van der Waals surface area (Å²) >= 11 is 2.04. The minimum Gasteiger partial charge on any atom is -0.316 e. The first-order valence-corrected chi connectivity index (χ1v) is 5.35. The molecule has 0 fully saturated rings. The van der Waals surface area contributed by atoms with Gasteiger partial charge < -0.3 is 5.32 Å². The molecule has 2 heteroatoms. The maximum absolute atomic E-state index is 3.37. The van der Waals surface area contributed by atoms with Crippen LogP contribution in [0, 0.1) is 0 Å². The van der Waals surface area contributed by atoms with Gasteiger partial charge in [0.1, 0.15) is 0 Å². The predicted octanol–water partition coefficient (Wildman–Crippen LogP) is 2.13. The molecule has 0 saturated heterocycles. The Labute approximate surface area is 69.0 Å². The van der Waals surface area contributed by atoms with Gasteiger partial charge in [0, 0.05) is 12.3 Å². The van der Waals surface area contributed by atoms with E-state index in [0.29, 0.717) is 0 Å². The van der Waals surface area contributed by atoms with Crippen molar-refractivity contribution in [3.63, 3.8) is 0 Å². The molecule has 0 aliphatic rings. The summed E-state index contributed by atoms with van der Waals surface area (Å²) in [5.41, 5.74) is 0. The SMILES string of the molecule is CCCNCCSCCC. The molecule has 0 aromatic rings. The van der Waals surface area contributed by atoms with Crippen LogP contribution in [0.5, 0.6) is 0 Å². The fourth-order valence-electron chi connectivity index (χ4n) is 0.693. The van der Waals surface area contributed by atoms with Crippen LogP contribution in [0.4, 0.5) is 0 Å². The average molecular weight is 161 g/mol. The van der Waals surface area contributed by atoms with E-state index in [2.05, 4.69) is 19.2 Å². The van der Waals surface area contributed by atoms with Gasteiger partial charge in [-0.2, -0.15) is 11.8 Å². The van der Waals surface area contributed by atoms with Crippen LogP contribution in [0.25, 0.3) is 0 Å². The second-order valence-corrected chi connectivity index (χ2v) is 3.59. The fourth-order valence-corrected chi connectivity index (χ4v) is 1.47. The lowest BCUT2D eigenvalue weighted by atomic mass is 10.5. The van der Waals surface area contributed by atoms with Crippen molar-refractivity contribution < 1.29 is 0 Å². The first-order valence-electron chi connectivity index (χ1n) is 4.20. The van der Waals surface area contributed by atoms with Gasteiger partial charge in [0.2, 0.25) is 0 Å². The van der Waals surface area contributed by atoms with Crippen LogP contribution in [-0.2, 0) is 0 Å². The summed E-state index contributed by atoms with van der Waals surface area (Å²) in [5, 5.41) is 3.37. The van der Waals surface area contributed by atoms with E-state index in [9.17, 15) is 0 Å². The molecule has 10 heavy (non-hydrogen) atoms. The Morgan fingerprint density at radius 3 is 2.40 bits per heavy atom. The summed E-state index contributed by atoms with van der Waals surface area (Å²) in [4.78, 5) is 0. The van der Waals surface area contributed by atoms with E-state index < -0.39 is 0 Å². The highest BCUT2D eigenvalue weighted by Gasteiger charge is 1.85. The standard InChI is InChI=1S/C8H19NS/c1-3-5-9-6-8-10-7-4-2/h9H,3-8H2,1-2H3. The van der Waals surface area contributed by atoms with Crippen LogP contribution >= 0.6 is 11.8 Å². The quantitative estimate of drug-likeness (QED) is 0.574. The zero-order valence-electron chi connectivity index (χ0n) is 7.15. The molecular formula is C8H19NS. The third-order valence-electron chi connectivity index (χ3n) is 1.20. The zero-order valence-corrected chi connectivity index (χ0v) is 7.97. The van der Waals surface area contributed by atoms with Gasteiger partial charge in [0.25, 0.3) is 0 Å². The minimum absolute atomic E-state index is 1.17. The number of hydrogen-bond donors (Lipinski definition) is 1. The lowest BCUT2D eigenvalue weighted by Gasteiger charge is -2.00. The van der Waals surface area contributed by atoms with E-state index in [4.69, 9.17) is 0 Å². The fraction of sp³-hybridized carbons (Fsp3) is 1.00. The topological polar surface area (TPSA) is 12.0 Å². The predicted molar refractivity (Wildman–Crippen MR) is 50.8 cm³/mol. The largest absolute Gasteiger partial charge is 0.316 e. The Bertz CT molecular complexity index is 49.2. The first-order chi connectivity index (χ1) is 4.91. The molecule has 0 aromatic heterocycles. The minimum atomic E-state index is 1.17. The van der Waals surface area contributed by atoms with Gasteiger partial charge >= 0.3 is 0 Å². The highest BCUT2D eigenvalue weighted by molar-refractivity contribution is 7.99. The zero-order chi connectivity index (χ0) is 7.66. The average Bonchev–Trinajstić information content (AvgIpc) is 1.97. The molecule has 0 rings (SSSR count). The van der Waals surface area contributed by atoms with Crippen molar-refractivity contribution in [2.45, 2.75) is 26.7 Å². The molecule has 0 unspecified atom stereocenters. The molecule has 62 valence electrons. The van der Waals surface area contributed by atoms with E-state index in [1.165, 1.54) is 37.4 Å². The van der Waals surface area contributed by atoms with Gasteiger partial charge in [0.05, 0.1) is 0 Å². The van der Waals surface area contributed by atoms with Crippen LogP contribution in [0.3, 0.4) is 0 Å². The Morgan fingerprint density at radius 2 is 1.80 bits per heavy atom. The number of rotatable bonds is 7. The van der Waals surface area contributed by atoms with Crippen molar-refractivity contribution in [1.29, 1.82) is 0 Å². The summed E-state index contributed by atoms with van der Waals surface area (Å²) in [5.74, 6) is 2.58. The molecule has 0 heterocycles. The molecular weight excluding hydrogens is 142 g/mol. The van der Waals surface area contributed by atoms with E-state index in [0.717, 1.165) is 0 Å². The van der Waals surface area contributed by atoms with Gasteiger partial charge in [-0.05, 0) is 25.1 Å².